The number of hydrogen-bond acceptors (Lipinski definition) is 4. The number of hydrogen-bond donors (Lipinski definition) is 0. The minimum absolute atomic E-state index is 0.0769. The third-order valence-corrected chi connectivity index (χ3v) is 16.9. The topological polar surface area (TPSA) is 33.5 Å². The van der Waals surface area contributed by atoms with E-state index in [9.17, 15) is 0 Å². The van der Waals surface area contributed by atoms with Gasteiger partial charge in [-0.3, -0.25) is 4.57 Å². The van der Waals surface area contributed by atoms with Crippen LogP contribution in [0.2, 0.25) is 0 Å². The molecular formula is C77H58N4O. The van der Waals surface area contributed by atoms with Crippen LogP contribution in [-0.4, -0.2) is 16.2 Å². The van der Waals surface area contributed by atoms with Crippen molar-refractivity contribution in [3.8, 4) is 61.8 Å². The summed E-state index contributed by atoms with van der Waals surface area (Å²) in [7, 11) is 0. The predicted octanol–water partition coefficient (Wildman–Crippen LogP) is 19.9. The smallest absolute Gasteiger partial charge is 0.137 e. The number of fused-ring (bicyclic) bond motifs is 7. The first-order valence-corrected chi connectivity index (χ1v) is 28.4. The van der Waals surface area contributed by atoms with E-state index in [1.54, 1.807) is 0 Å². The molecule has 5 heteroatoms. The van der Waals surface area contributed by atoms with Crippen molar-refractivity contribution in [2.45, 2.75) is 31.6 Å². The molecule has 0 spiro atoms. The fourth-order valence-electron chi connectivity index (χ4n) is 13.2. The Bertz CT molecular complexity index is 4460. The van der Waals surface area contributed by atoms with E-state index in [1.807, 2.05) is 6.20 Å². The van der Waals surface area contributed by atoms with Crippen molar-refractivity contribution in [1.82, 2.24) is 9.55 Å². The molecule has 5 nitrogen and oxygen atoms in total. The zero-order valence-electron chi connectivity index (χ0n) is 46.0. The Morgan fingerprint density at radius 2 is 0.963 bits per heavy atom. The summed E-state index contributed by atoms with van der Waals surface area (Å²) in [6.07, 6.45) is 1.99. The van der Waals surface area contributed by atoms with Crippen molar-refractivity contribution in [2.75, 3.05) is 16.5 Å². The van der Waals surface area contributed by atoms with Crippen LogP contribution in [0.25, 0.3) is 72.1 Å². The summed E-state index contributed by atoms with van der Waals surface area (Å²) in [6, 6.07) is 101. The van der Waals surface area contributed by atoms with E-state index in [0.717, 1.165) is 72.9 Å². The van der Waals surface area contributed by atoms with Crippen LogP contribution in [0.3, 0.4) is 0 Å². The molecule has 0 unspecified atom stereocenters. The number of rotatable bonds is 10. The fourth-order valence-corrected chi connectivity index (χ4v) is 13.2. The maximum absolute atomic E-state index is 7.34. The van der Waals surface area contributed by atoms with Gasteiger partial charge in [-0.2, -0.15) is 0 Å². The second kappa shape index (κ2) is 19.5. The standard InChI is InChI=1S/C77H58N4O/c1-76(2,3)57-45-64(53-27-10-5-11-28-53)75(65(46-57)54-29-12-6-13-30-54)80-51-79(70-41-22-23-42-71(70)80)58-33-24-34-59(48-58)82-73-50-72-66(49-63(73)52-25-8-4-9-26-52)62-37-18-21-40-69(62)81(72)74-47-56(43-44-78-74)77(55-31-14-7-15-32-55)67-38-19-16-35-60(67)61-36-17-20-39-68(61)77/h4-50H,51H2,1-3H3. The van der Waals surface area contributed by atoms with E-state index >= 15 is 0 Å². The SMILES string of the molecule is CC(C)(C)c1cc(-c2ccccc2)c(N2CN(c3cccc(Oc4cc5c(cc4-c4ccccc4)c4ccccc4n5-c4cc(C5(c6ccccc6)c6ccccc6-c6ccccc65)ccn4)c3)c3ccccc32)c(-c2ccccc2)c1. The highest BCUT2D eigenvalue weighted by Crippen LogP contribution is 2.57. The quantitative estimate of drug-likeness (QED) is 0.137. The number of pyridine rings is 1. The van der Waals surface area contributed by atoms with Crippen molar-refractivity contribution in [3.63, 3.8) is 0 Å². The van der Waals surface area contributed by atoms with Gasteiger partial charge < -0.3 is 14.5 Å². The molecule has 0 bridgehead atoms. The summed E-state index contributed by atoms with van der Waals surface area (Å²) in [4.78, 5) is 10.2. The molecule has 1 aliphatic heterocycles. The van der Waals surface area contributed by atoms with Crippen LogP contribution in [0.15, 0.2) is 285 Å². The average Bonchev–Trinajstić information content (AvgIpc) is 4.11. The van der Waals surface area contributed by atoms with Crippen LogP contribution in [0.1, 0.15) is 48.6 Å². The highest BCUT2D eigenvalue weighted by molar-refractivity contribution is 6.11. The monoisotopic (exact) mass is 1050 g/mol. The maximum Gasteiger partial charge on any atom is 0.137 e. The molecule has 0 fully saturated rings. The van der Waals surface area contributed by atoms with E-state index in [1.165, 1.54) is 61.3 Å². The first kappa shape index (κ1) is 48.9. The first-order valence-electron chi connectivity index (χ1n) is 28.4. The molecule has 82 heavy (non-hydrogen) atoms. The third-order valence-electron chi connectivity index (χ3n) is 16.9. The predicted molar refractivity (Wildman–Crippen MR) is 339 cm³/mol. The van der Waals surface area contributed by atoms with Gasteiger partial charge in [0.1, 0.15) is 24.0 Å². The van der Waals surface area contributed by atoms with Crippen molar-refractivity contribution < 1.29 is 4.74 Å². The average molecular weight is 1060 g/mol. The molecule has 11 aromatic carbocycles. The molecule has 0 atom stereocenters. The van der Waals surface area contributed by atoms with E-state index in [-0.39, 0.29) is 5.41 Å². The summed E-state index contributed by atoms with van der Waals surface area (Å²) in [5, 5.41) is 2.26. The van der Waals surface area contributed by atoms with E-state index in [0.29, 0.717) is 6.67 Å². The Balaban J connectivity index is 0.870. The molecule has 15 rings (SSSR count). The molecule has 0 saturated heterocycles. The number of aromatic nitrogens is 2. The largest absolute Gasteiger partial charge is 0.457 e. The van der Waals surface area contributed by atoms with Gasteiger partial charge in [-0.1, -0.05) is 227 Å². The molecule has 0 amide bonds. The summed E-state index contributed by atoms with van der Waals surface area (Å²) in [5.41, 5.74) is 21.4. The Morgan fingerprint density at radius 3 is 1.60 bits per heavy atom. The number of anilines is 4. The maximum atomic E-state index is 7.34. The number of para-hydroxylation sites is 3. The van der Waals surface area contributed by atoms with Crippen LogP contribution in [0, 0.1) is 0 Å². The van der Waals surface area contributed by atoms with E-state index < -0.39 is 5.41 Å². The summed E-state index contributed by atoms with van der Waals surface area (Å²) >= 11 is 0. The van der Waals surface area contributed by atoms with Crippen molar-refractivity contribution in [1.29, 1.82) is 0 Å². The first-order chi connectivity index (χ1) is 40.3. The molecule has 0 radical (unpaired) electrons. The normalized spacial score (nSPS) is 13.3. The molecule has 0 saturated carbocycles. The molecule has 3 heterocycles. The van der Waals surface area contributed by atoms with E-state index in [2.05, 4.69) is 314 Å². The van der Waals surface area contributed by atoms with Gasteiger partial charge in [0.05, 0.1) is 33.5 Å². The highest BCUT2D eigenvalue weighted by Gasteiger charge is 2.46. The van der Waals surface area contributed by atoms with Crippen molar-refractivity contribution in [3.05, 3.63) is 313 Å². The van der Waals surface area contributed by atoms with Gasteiger partial charge in [0.2, 0.25) is 0 Å². The Morgan fingerprint density at radius 1 is 0.415 bits per heavy atom. The molecule has 13 aromatic rings. The number of benzene rings is 11. The molecule has 2 aliphatic rings. The lowest BCUT2D eigenvalue weighted by Gasteiger charge is -2.34. The third kappa shape index (κ3) is 7.95. The van der Waals surface area contributed by atoms with E-state index in [4.69, 9.17) is 9.72 Å². The minimum atomic E-state index is -0.581. The Kier molecular flexibility index (Phi) is 11.6. The van der Waals surface area contributed by atoms with Gasteiger partial charge in [0.25, 0.3) is 0 Å². The van der Waals surface area contributed by atoms with Crippen LogP contribution >= 0.6 is 0 Å². The Labute approximate surface area is 479 Å². The lowest BCUT2D eigenvalue weighted by Crippen LogP contribution is -2.28. The van der Waals surface area contributed by atoms with Gasteiger partial charge in [0, 0.05) is 51.5 Å². The van der Waals surface area contributed by atoms with Gasteiger partial charge in [-0.15, -0.1) is 0 Å². The summed E-state index contributed by atoms with van der Waals surface area (Å²) in [5.74, 6) is 2.32. The second-order valence-corrected chi connectivity index (χ2v) is 22.7. The lowest BCUT2D eigenvalue weighted by atomic mass is 9.68. The van der Waals surface area contributed by atoms with Gasteiger partial charge >= 0.3 is 0 Å². The molecular weight excluding hydrogens is 997 g/mol. The lowest BCUT2D eigenvalue weighted by molar-refractivity contribution is 0.485. The van der Waals surface area contributed by atoms with Gasteiger partial charge in [-0.05, 0) is 122 Å². The van der Waals surface area contributed by atoms with Crippen LogP contribution in [0.4, 0.5) is 22.7 Å². The zero-order chi connectivity index (χ0) is 54.9. The molecule has 0 N–H and O–H groups in total. The summed E-state index contributed by atoms with van der Waals surface area (Å²) in [6.45, 7) is 7.51. The zero-order valence-corrected chi connectivity index (χ0v) is 46.0. The number of ether oxygens (including phenoxy) is 1. The summed E-state index contributed by atoms with van der Waals surface area (Å²) < 4.78 is 9.67. The fraction of sp³-hybridized carbons (Fsp3) is 0.0779. The molecule has 392 valence electrons. The van der Waals surface area contributed by atoms with Crippen LogP contribution < -0.4 is 14.5 Å². The van der Waals surface area contributed by atoms with Crippen molar-refractivity contribution >= 4 is 44.6 Å². The number of nitrogens with zero attached hydrogens (tertiary/aromatic N) is 4. The highest BCUT2D eigenvalue weighted by atomic mass is 16.5. The molecule has 1 aliphatic carbocycles. The van der Waals surface area contributed by atoms with Gasteiger partial charge in [0.15, 0.2) is 0 Å². The minimum Gasteiger partial charge on any atom is -0.457 e. The molecule has 2 aromatic heterocycles. The van der Waals surface area contributed by atoms with Crippen molar-refractivity contribution in [2.24, 2.45) is 0 Å². The van der Waals surface area contributed by atoms with Crippen LogP contribution in [0.5, 0.6) is 11.5 Å². The van der Waals surface area contributed by atoms with Crippen LogP contribution in [-0.2, 0) is 10.8 Å². The second-order valence-electron chi connectivity index (χ2n) is 22.7. The van der Waals surface area contributed by atoms with Gasteiger partial charge in [-0.25, -0.2) is 4.98 Å². The Hall–Kier alpha value is -10.2.